The highest BCUT2D eigenvalue weighted by molar-refractivity contribution is 9.08. The van der Waals surface area contributed by atoms with Gasteiger partial charge in [-0.15, -0.1) is 0 Å². The molecule has 2 rings (SSSR count). The Morgan fingerprint density at radius 2 is 1.60 bits per heavy atom. The van der Waals surface area contributed by atoms with Crippen molar-refractivity contribution in [2.75, 3.05) is 0 Å². The van der Waals surface area contributed by atoms with Crippen LogP contribution in [0.5, 0.6) is 0 Å². The van der Waals surface area contributed by atoms with Gasteiger partial charge in [0.1, 0.15) is 0 Å². The fourth-order valence-corrected chi connectivity index (χ4v) is 2.43. The molecule has 106 valence electrons. The van der Waals surface area contributed by atoms with Crippen LogP contribution in [0, 0.1) is 11.6 Å². The molecule has 0 nitrogen and oxygen atoms in total. The monoisotopic (exact) mass is 350 g/mol. The summed E-state index contributed by atoms with van der Waals surface area (Å²) >= 11 is 3.07. The first-order valence-electron chi connectivity index (χ1n) is 5.55. The molecule has 0 aliphatic rings. The van der Waals surface area contributed by atoms with Crippen LogP contribution < -0.4 is 0 Å². The van der Waals surface area contributed by atoms with E-state index in [0.29, 0.717) is 0 Å². The molecule has 0 heterocycles. The van der Waals surface area contributed by atoms with Crippen molar-refractivity contribution in [2.45, 2.75) is 11.5 Å². The number of benzene rings is 2. The van der Waals surface area contributed by atoms with Crippen molar-refractivity contribution in [1.29, 1.82) is 0 Å². The maximum Gasteiger partial charge on any atom is 0.417 e. The van der Waals surface area contributed by atoms with E-state index in [-0.39, 0.29) is 16.5 Å². The van der Waals surface area contributed by atoms with E-state index in [2.05, 4.69) is 15.9 Å². The zero-order valence-corrected chi connectivity index (χ0v) is 11.5. The van der Waals surface area contributed by atoms with Gasteiger partial charge in [-0.3, -0.25) is 0 Å². The van der Waals surface area contributed by atoms with E-state index in [4.69, 9.17) is 0 Å². The first-order valence-corrected chi connectivity index (χ1v) is 6.68. The van der Waals surface area contributed by atoms with Crippen LogP contribution >= 0.6 is 15.9 Å². The van der Waals surface area contributed by atoms with Crippen LogP contribution in [0.15, 0.2) is 36.4 Å². The highest BCUT2D eigenvalue weighted by atomic mass is 79.9. The summed E-state index contributed by atoms with van der Waals surface area (Å²) in [7, 11) is 0. The molecular formula is C14H8BrF5. The molecule has 20 heavy (non-hydrogen) atoms. The number of hydrogen-bond donors (Lipinski definition) is 0. The zero-order valence-electron chi connectivity index (χ0n) is 9.94. The Morgan fingerprint density at radius 3 is 2.20 bits per heavy atom. The summed E-state index contributed by atoms with van der Waals surface area (Å²) in [5.74, 6) is -2.47. The molecular weight excluding hydrogens is 343 g/mol. The van der Waals surface area contributed by atoms with Gasteiger partial charge in [0.15, 0.2) is 11.6 Å². The van der Waals surface area contributed by atoms with Crippen LogP contribution in [0.25, 0.3) is 11.1 Å². The Kier molecular flexibility index (Phi) is 4.13. The molecule has 0 N–H and O–H groups in total. The topological polar surface area (TPSA) is 0 Å². The van der Waals surface area contributed by atoms with E-state index in [1.165, 1.54) is 18.2 Å². The Morgan fingerprint density at radius 1 is 0.950 bits per heavy atom. The average molecular weight is 351 g/mol. The van der Waals surface area contributed by atoms with Crippen LogP contribution in [0.3, 0.4) is 0 Å². The molecule has 6 heteroatoms. The second kappa shape index (κ2) is 5.52. The van der Waals surface area contributed by atoms with Gasteiger partial charge in [-0.2, -0.15) is 13.2 Å². The number of halogens is 6. The lowest BCUT2D eigenvalue weighted by Gasteiger charge is -2.17. The van der Waals surface area contributed by atoms with E-state index >= 15 is 0 Å². The Bertz CT molecular complexity index is 634. The molecule has 0 fully saturated rings. The van der Waals surface area contributed by atoms with Crippen LogP contribution in [-0.4, -0.2) is 0 Å². The molecule has 0 aromatic heterocycles. The van der Waals surface area contributed by atoms with E-state index < -0.39 is 28.9 Å². The maximum absolute atomic E-state index is 13.8. The smallest absolute Gasteiger partial charge is 0.204 e. The first kappa shape index (κ1) is 15.0. The summed E-state index contributed by atoms with van der Waals surface area (Å²) in [4.78, 5) is 0. The van der Waals surface area contributed by atoms with Crippen molar-refractivity contribution < 1.29 is 22.0 Å². The molecule has 0 radical (unpaired) electrons. The van der Waals surface area contributed by atoms with Gasteiger partial charge >= 0.3 is 6.18 Å². The third-order valence-corrected chi connectivity index (χ3v) is 3.43. The fraction of sp³-hybridized carbons (Fsp3) is 0.143. The number of alkyl halides is 4. The summed E-state index contributed by atoms with van der Waals surface area (Å²) in [5, 5.41) is 0.0994. The Hall–Kier alpha value is -1.43. The first-order chi connectivity index (χ1) is 9.36. The van der Waals surface area contributed by atoms with Gasteiger partial charge in [-0.1, -0.05) is 40.2 Å². The quantitative estimate of drug-likeness (QED) is 0.492. The summed E-state index contributed by atoms with van der Waals surface area (Å²) < 4.78 is 66.2. The molecule has 2 aromatic rings. The molecule has 0 unspecified atom stereocenters. The van der Waals surface area contributed by atoms with E-state index in [1.807, 2.05) is 0 Å². The minimum absolute atomic E-state index is 0.0994. The van der Waals surface area contributed by atoms with Crippen molar-refractivity contribution in [1.82, 2.24) is 0 Å². The average Bonchev–Trinajstić information content (AvgIpc) is 2.40. The van der Waals surface area contributed by atoms with E-state index in [1.54, 1.807) is 0 Å². The van der Waals surface area contributed by atoms with Gasteiger partial charge in [-0.05, 0) is 17.7 Å². The van der Waals surface area contributed by atoms with E-state index in [9.17, 15) is 22.0 Å². The number of rotatable bonds is 2. The van der Waals surface area contributed by atoms with Crippen LogP contribution in [0.1, 0.15) is 11.1 Å². The summed E-state index contributed by atoms with van der Waals surface area (Å²) in [6.07, 6.45) is -4.65. The molecule has 0 spiro atoms. The standard InChI is InChI=1S/C14H8BrF5/c15-7-8-3-1-5-10(14(18,19)20)12(8)9-4-2-6-11(16)13(9)17/h1-6H,7H2. The fourth-order valence-electron chi connectivity index (χ4n) is 1.96. The minimum atomic E-state index is -4.65. The number of hydrogen-bond acceptors (Lipinski definition) is 0. The van der Waals surface area contributed by atoms with Gasteiger partial charge in [0, 0.05) is 16.5 Å². The Labute approximate surface area is 120 Å². The molecule has 0 aliphatic heterocycles. The van der Waals surface area contributed by atoms with Crippen molar-refractivity contribution in [3.63, 3.8) is 0 Å². The third kappa shape index (κ3) is 2.70. The lowest BCUT2D eigenvalue weighted by atomic mass is 9.94. The second-order valence-electron chi connectivity index (χ2n) is 4.07. The third-order valence-electron chi connectivity index (χ3n) is 2.82. The van der Waals surface area contributed by atoms with Crippen LogP contribution in [-0.2, 0) is 11.5 Å². The van der Waals surface area contributed by atoms with Crippen molar-refractivity contribution in [2.24, 2.45) is 0 Å². The van der Waals surface area contributed by atoms with E-state index in [0.717, 1.165) is 18.2 Å². The van der Waals surface area contributed by atoms with Gasteiger partial charge < -0.3 is 0 Å². The summed E-state index contributed by atoms with van der Waals surface area (Å²) in [5.41, 5.74) is -1.48. The second-order valence-corrected chi connectivity index (χ2v) is 4.63. The molecule has 0 saturated carbocycles. The summed E-state index contributed by atoms with van der Waals surface area (Å²) in [6.45, 7) is 0. The van der Waals surface area contributed by atoms with Crippen LogP contribution in [0.2, 0.25) is 0 Å². The van der Waals surface area contributed by atoms with Crippen molar-refractivity contribution in [3.05, 3.63) is 59.2 Å². The maximum atomic E-state index is 13.8. The molecule has 0 atom stereocenters. The lowest BCUT2D eigenvalue weighted by molar-refractivity contribution is -0.137. The molecule has 0 amide bonds. The van der Waals surface area contributed by atoms with Gasteiger partial charge in [0.05, 0.1) is 5.56 Å². The van der Waals surface area contributed by atoms with Gasteiger partial charge in [-0.25, -0.2) is 8.78 Å². The van der Waals surface area contributed by atoms with Gasteiger partial charge in [0.25, 0.3) is 0 Å². The molecule has 0 aliphatic carbocycles. The van der Waals surface area contributed by atoms with Crippen LogP contribution in [0.4, 0.5) is 22.0 Å². The molecule has 2 aromatic carbocycles. The molecule has 0 saturated heterocycles. The SMILES string of the molecule is Fc1cccc(-c2c(CBr)cccc2C(F)(F)F)c1F. The zero-order chi connectivity index (χ0) is 14.9. The van der Waals surface area contributed by atoms with Crippen molar-refractivity contribution >= 4 is 15.9 Å². The van der Waals surface area contributed by atoms with Crippen molar-refractivity contribution in [3.8, 4) is 11.1 Å². The highest BCUT2D eigenvalue weighted by Crippen LogP contribution is 2.40. The summed E-state index contributed by atoms with van der Waals surface area (Å²) in [6, 6.07) is 6.70. The van der Waals surface area contributed by atoms with Gasteiger partial charge in [0.2, 0.25) is 0 Å². The normalized spacial score (nSPS) is 11.7. The lowest BCUT2D eigenvalue weighted by Crippen LogP contribution is -2.09. The minimum Gasteiger partial charge on any atom is -0.204 e. The molecule has 0 bridgehead atoms. The largest absolute Gasteiger partial charge is 0.417 e. The highest BCUT2D eigenvalue weighted by Gasteiger charge is 2.35. The Balaban J connectivity index is 2.81. The predicted octanol–water partition coefficient (Wildman–Crippen LogP) is 5.55. The predicted molar refractivity (Wildman–Crippen MR) is 69.4 cm³/mol.